The molecule has 1 saturated heterocycles. The number of nitrogens with zero attached hydrogens (tertiary/aromatic N) is 1. The van der Waals surface area contributed by atoms with E-state index in [4.69, 9.17) is 4.74 Å². The number of carbonyl (C=O) groups excluding carboxylic acids is 1. The van der Waals surface area contributed by atoms with Crippen LogP contribution in [0.1, 0.15) is 34.3 Å². The highest BCUT2D eigenvalue weighted by Crippen LogP contribution is 2.23. The first-order valence-electron chi connectivity index (χ1n) is 10.1. The van der Waals surface area contributed by atoms with Gasteiger partial charge in [0.1, 0.15) is 0 Å². The maximum Gasteiger partial charge on any atom is 0.258 e. The first-order valence-corrected chi connectivity index (χ1v) is 10.1. The molecule has 1 fully saturated rings. The van der Waals surface area contributed by atoms with Gasteiger partial charge in [-0.3, -0.25) is 9.59 Å². The maximum absolute atomic E-state index is 13.0. The van der Waals surface area contributed by atoms with Gasteiger partial charge in [0.15, 0.2) is 0 Å². The van der Waals surface area contributed by atoms with Crippen molar-refractivity contribution in [2.45, 2.75) is 33.2 Å². The molecule has 0 atom stereocenters. The smallest absolute Gasteiger partial charge is 0.258 e. The molecule has 0 aliphatic carbocycles. The van der Waals surface area contributed by atoms with Crippen molar-refractivity contribution in [1.82, 2.24) is 4.57 Å². The van der Waals surface area contributed by atoms with Crippen LogP contribution in [0.4, 0.5) is 5.69 Å². The minimum Gasteiger partial charge on any atom is -0.381 e. The van der Waals surface area contributed by atoms with Crippen LogP contribution in [0, 0.1) is 19.8 Å². The molecule has 1 aliphatic rings. The van der Waals surface area contributed by atoms with Gasteiger partial charge in [-0.1, -0.05) is 23.8 Å². The van der Waals surface area contributed by atoms with Crippen molar-refractivity contribution in [1.29, 1.82) is 0 Å². The lowest BCUT2D eigenvalue weighted by molar-refractivity contribution is 0.0610. The molecule has 1 N–H and O–H groups in total. The molecule has 3 aromatic rings. The van der Waals surface area contributed by atoms with Gasteiger partial charge >= 0.3 is 0 Å². The van der Waals surface area contributed by atoms with Gasteiger partial charge in [0.25, 0.3) is 11.5 Å². The van der Waals surface area contributed by atoms with Crippen molar-refractivity contribution in [3.63, 3.8) is 0 Å². The normalized spacial score (nSPS) is 14.8. The van der Waals surface area contributed by atoms with E-state index in [1.54, 1.807) is 4.57 Å². The lowest BCUT2D eigenvalue weighted by atomic mass is 10.00. The highest BCUT2D eigenvalue weighted by molar-refractivity contribution is 6.09. The molecule has 150 valence electrons. The van der Waals surface area contributed by atoms with Crippen molar-refractivity contribution >= 4 is 22.4 Å². The molecule has 5 heteroatoms. The summed E-state index contributed by atoms with van der Waals surface area (Å²) in [6.45, 7) is 6.17. The van der Waals surface area contributed by atoms with Gasteiger partial charge in [-0.05, 0) is 62.4 Å². The second-order valence-electron chi connectivity index (χ2n) is 7.87. The van der Waals surface area contributed by atoms with Crippen LogP contribution in [0.2, 0.25) is 0 Å². The summed E-state index contributed by atoms with van der Waals surface area (Å²) in [5.41, 5.74) is 3.33. The molecule has 2 aromatic carbocycles. The number of hydrogen-bond acceptors (Lipinski definition) is 3. The van der Waals surface area contributed by atoms with Crippen LogP contribution in [-0.4, -0.2) is 23.7 Å². The summed E-state index contributed by atoms with van der Waals surface area (Å²) in [5, 5.41) is 4.37. The Hall–Kier alpha value is -2.92. The van der Waals surface area contributed by atoms with Gasteiger partial charge in [-0.25, -0.2) is 0 Å². The van der Waals surface area contributed by atoms with Crippen LogP contribution < -0.4 is 10.9 Å². The van der Waals surface area contributed by atoms with Gasteiger partial charge < -0.3 is 14.6 Å². The predicted molar refractivity (Wildman–Crippen MR) is 116 cm³/mol. The van der Waals surface area contributed by atoms with E-state index in [1.807, 2.05) is 62.5 Å². The summed E-state index contributed by atoms with van der Waals surface area (Å²) in [7, 11) is 0. The van der Waals surface area contributed by atoms with Gasteiger partial charge in [-0.15, -0.1) is 0 Å². The lowest BCUT2D eigenvalue weighted by Gasteiger charge is -2.23. The lowest BCUT2D eigenvalue weighted by Crippen LogP contribution is -2.27. The fourth-order valence-corrected chi connectivity index (χ4v) is 4.04. The molecule has 0 saturated carbocycles. The van der Waals surface area contributed by atoms with E-state index in [2.05, 4.69) is 5.32 Å². The van der Waals surface area contributed by atoms with Crippen molar-refractivity contribution in [2.24, 2.45) is 5.92 Å². The van der Waals surface area contributed by atoms with Crippen LogP contribution in [0.3, 0.4) is 0 Å². The first-order chi connectivity index (χ1) is 14.0. The van der Waals surface area contributed by atoms with Gasteiger partial charge in [-0.2, -0.15) is 0 Å². The van der Waals surface area contributed by atoms with E-state index in [0.717, 1.165) is 42.6 Å². The predicted octanol–water partition coefficient (Wildman–Crippen LogP) is 4.30. The molecule has 0 radical (unpaired) electrons. The van der Waals surface area contributed by atoms with E-state index in [0.29, 0.717) is 29.1 Å². The molecule has 1 amide bonds. The molecule has 29 heavy (non-hydrogen) atoms. The SMILES string of the molecule is Cc1ccc(C(=O)Nc2cccc3c(=O)n(CC4CCOCC4)ccc23)c(C)c1. The summed E-state index contributed by atoms with van der Waals surface area (Å²) >= 11 is 0. The summed E-state index contributed by atoms with van der Waals surface area (Å²) in [5.74, 6) is 0.299. The fraction of sp³-hybridized carbons (Fsp3) is 0.333. The van der Waals surface area contributed by atoms with Crippen molar-refractivity contribution in [3.05, 3.63) is 75.7 Å². The number of nitrogens with one attached hydrogen (secondary N) is 1. The number of amides is 1. The zero-order valence-electron chi connectivity index (χ0n) is 16.9. The Balaban J connectivity index is 1.63. The second-order valence-corrected chi connectivity index (χ2v) is 7.87. The maximum atomic E-state index is 13.0. The summed E-state index contributed by atoms with van der Waals surface area (Å²) in [4.78, 5) is 25.8. The minimum absolute atomic E-state index is 0.0170. The highest BCUT2D eigenvalue weighted by atomic mass is 16.5. The van der Waals surface area contributed by atoms with Crippen LogP contribution in [-0.2, 0) is 11.3 Å². The summed E-state index contributed by atoms with van der Waals surface area (Å²) < 4.78 is 7.20. The topological polar surface area (TPSA) is 60.3 Å². The molecule has 4 rings (SSSR count). The molecule has 1 aliphatic heterocycles. The zero-order valence-corrected chi connectivity index (χ0v) is 16.9. The Morgan fingerprint density at radius 2 is 1.90 bits per heavy atom. The number of carbonyl (C=O) groups is 1. The van der Waals surface area contributed by atoms with E-state index in [1.165, 1.54) is 0 Å². The molecule has 0 bridgehead atoms. The third-order valence-corrected chi connectivity index (χ3v) is 5.69. The first kappa shape index (κ1) is 19.4. The number of ether oxygens (including phenoxy) is 1. The number of hydrogen-bond donors (Lipinski definition) is 1. The van der Waals surface area contributed by atoms with Gasteiger partial charge in [0.05, 0.1) is 0 Å². The number of rotatable bonds is 4. The Morgan fingerprint density at radius 1 is 1.10 bits per heavy atom. The quantitative estimate of drug-likeness (QED) is 0.723. The van der Waals surface area contributed by atoms with E-state index >= 15 is 0 Å². The molecule has 5 nitrogen and oxygen atoms in total. The number of aromatic nitrogens is 1. The van der Waals surface area contributed by atoms with Gasteiger partial charge in [0, 0.05) is 48.0 Å². The third-order valence-electron chi connectivity index (χ3n) is 5.69. The Bertz CT molecular complexity index is 1110. The number of benzene rings is 2. The van der Waals surface area contributed by atoms with E-state index in [9.17, 15) is 9.59 Å². The largest absolute Gasteiger partial charge is 0.381 e. The monoisotopic (exact) mass is 390 g/mol. The van der Waals surface area contributed by atoms with E-state index in [-0.39, 0.29) is 11.5 Å². The molecule has 1 aromatic heterocycles. The second kappa shape index (κ2) is 8.21. The average Bonchev–Trinajstić information content (AvgIpc) is 2.71. The zero-order chi connectivity index (χ0) is 20.4. The molecule has 0 spiro atoms. The van der Waals surface area contributed by atoms with Crippen molar-refractivity contribution in [2.75, 3.05) is 18.5 Å². The van der Waals surface area contributed by atoms with Crippen molar-refractivity contribution < 1.29 is 9.53 Å². The third kappa shape index (κ3) is 4.10. The van der Waals surface area contributed by atoms with Crippen molar-refractivity contribution in [3.8, 4) is 0 Å². The Labute approximate surface area is 170 Å². The average molecular weight is 390 g/mol. The minimum atomic E-state index is -0.165. The fourth-order valence-electron chi connectivity index (χ4n) is 4.04. The van der Waals surface area contributed by atoms with Crippen LogP contribution >= 0.6 is 0 Å². The highest BCUT2D eigenvalue weighted by Gasteiger charge is 2.16. The Morgan fingerprint density at radius 3 is 2.66 bits per heavy atom. The number of pyridine rings is 1. The van der Waals surface area contributed by atoms with Crippen LogP contribution in [0.25, 0.3) is 10.8 Å². The van der Waals surface area contributed by atoms with E-state index < -0.39 is 0 Å². The molecule has 0 unspecified atom stereocenters. The molecular formula is C24H26N2O3. The van der Waals surface area contributed by atoms with Crippen LogP contribution in [0.15, 0.2) is 53.5 Å². The summed E-state index contributed by atoms with van der Waals surface area (Å²) in [6.07, 6.45) is 3.81. The standard InChI is InChI=1S/C24H26N2O3/c1-16-6-7-19(17(2)14-16)23(27)25-22-5-3-4-21-20(22)8-11-26(24(21)28)15-18-9-12-29-13-10-18/h3-8,11,14,18H,9-10,12-13,15H2,1-2H3,(H,25,27). The molecular weight excluding hydrogens is 364 g/mol. The summed E-state index contributed by atoms with van der Waals surface area (Å²) in [6, 6.07) is 13.2. The molecule has 2 heterocycles. The van der Waals surface area contributed by atoms with Crippen LogP contribution in [0.5, 0.6) is 0 Å². The number of fused-ring (bicyclic) bond motifs is 1. The number of aryl methyl sites for hydroxylation is 2. The van der Waals surface area contributed by atoms with Gasteiger partial charge in [0.2, 0.25) is 0 Å². The number of anilines is 1. The Kier molecular flexibility index (Phi) is 5.49.